The molecule has 3 rings (SSSR count). The van der Waals surface area contributed by atoms with Gasteiger partial charge < -0.3 is 18.6 Å². The van der Waals surface area contributed by atoms with E-state index in [-0.39, 0.29) is 11.1 Å². The molecule has 0 unspecified atom stereocenters. The van der Waals surface area contributed by atoms with Crippen LogP contribution in [0.1, 0.15) is 30.0 Å². The zero-order valence-electron chi connectivity index (χ0n) is 18.7. The molecule has 3 aromatic rings. The molecule has 1 heterocycles. The molecule has 0 amide bonds. The number of furan rings is 1. The lowest BCUT2D eigenvalue weighted by atomic mass is 10.2. The van der Waals surface area contributed by atoms with Gasteiger partial charge in [-0.25, -0.2) is 14.4 Å². The summed E-state index contributed by atoms with van der Waals surface area (Å²) >= 11 is 0. The van der Waals surface area contributed by atoms with E-state index in [0.29, 0.717) is 28.6 Å². The van der Waals surface area contributed by atoms with Gasteiger partial charge in [0.15, 0.2) is 0 Å². The van der Waals surface area contributed by atoms with E-state index >= 15 is 0 Å². The van der Waals surface area contributed by atoms with Crippen molar-refractivity contribution in [3.8, 4) is 22.8 Å². The van der Waals surface area contributed by atoms with Crippen molar-refractivity contribution in [3.63, 3.8) is 0 Å². The summed E-state index contributed by atoms with van der Waals surface area (Å²) in [6.07, 6.45) is 2.73. The van der Waals surface area contributed by atoms with Crippen molar-refractivity contribution in [1.29, 1.82) is 0 Å². The summed E-state index contributed by atoms with van der Waals surface area (Å²) in [4.78, 5) is 35.3. The zero-order valence-corrected chi connectivity index (χ0v) is 18.7. The van der Waals surface area contributed by atoms with Gasteiger partial charge in [0.1, 0.15) is 23.0 Å². The standard InChI is InChI=1S/C27H22O7/c1-17(2)25(28)33-21-9-5-19(6-10-21)24-14-13-23(32-24)15-16-31-27(30)20-7-11-22(12-8-20)34-26(29)18(3)4/h5-16H,1,3H2,2,4H3. The molecule has 2 aromatic carbocycles. The molecule has 0 aliphatic heterocycles. The lowest BCUT2D eigenvalue weighted by Crippen LogP contribution is -2.08. The third kappa shape index (κ3) is 6.43. The molecule has 0 bridgehead atoms. The van der Waals surface area contributed by atoms with E-state index in [1.807, 2.05) is 0 Å². The molecule has 7 heteroatoms. The first-order valence-corrected chi connectivity index (χ1v) is 10.2. The predicted octanol–water partition coefficient (Wildman–Crippen LogP) is 5.74. The zero-order chi connectivity index (χ0) is 24.7. The quantitative estimate of drug-likeness (QED) is 0.184. The third-order valence-electron chi connectivity index (χ3n) is 4.38. The van der Waals surface area contributed by atoms with Gasteiger partial charge in [0, 0.05) is 22.8 Å². The van der Waals surface area contributed by atoms with Crippen molar-refractivity contribution in [2.75, 3.05) is 0 Å². The van der Waals surface area contributed by atoms with Gasteiger partial charge in [-0.3, -0.25) is 0 Å². The highest BCUT2D eigenvalue weighted by atomic mass is 16.5. The molecule has 0 N–H and O–H groups in total. The van der Waals surface area contributed by atoms with Crippen molar-refractivity contribution in [3.05, 3.63) is 103 Å². The number of benzene rings is 2. The minimum atomic E-state index is -0.583. The van der Waals surface area contributed by atoms with Crippen LogP contribution in [0.4, 0.5) is 0 Å². The smallest absolute Gasteiger partial charge is 0.342 e. The van der Waals surface area contributed by atoms with Gasteiger partial charge in [-0.15, -0.1) is 0 Å². The SMILES string of the molecule is C=C(C)C(=O)Oc1ccc(C(=O)OC=Cc2ccc(-c3ccc(OC(=O)C(=C)C)cc3)o2)cc1. The molecule has 172 valence electrons. The highest BCUT2D eigenvalue weighted by molar-refractivity contribution is 5.91. The molecule has 0 atom stereocenters. The molecule has 0 spiro atoms. The first-order chi connectivity index (χ1) is 16.2. The van der Waals surface area contributed by atoms with Gasteiger partial charge in [-0.1, -0.05) is 13.2 Å². The molecular formula is C27H22O7. The Labute approximate surface area is 196 Å². The molecule has 0 aliphatic carbocycles. The number of carbonyl (C=O) groups excluding carboxylic acids is 3. The van der Waals surface area contributed by atoms with Crippen LogP contribution in [0.5, 0.6) is 11.5 Å². The van der Waals surface area contributed by atoms with Crippen molar-refractivity contribution in [1.82, 2.24) is 0 Å². The number of rotatable bonds is 8. The second-order valence-corrected chi connectivity index (χ2v) is 7.30. The highest BCUT2D eigenvalue weighted by Crippen LogP contribution is 2.25. The van der Waals surface area contributed by atoms with Gasteiger partial charge in [-0.05, 0) is 74.5 Å². The molecule has 0 aliphatic rings. The fraction of sp³-hybridized carbons (Fsp3) is 0.0741. The van der Waals surface area contributed by atoms with Gasteiger partial charge >= 0.3 is 17.9 Å². The Hall–Kier alpha value is -4.65. The molecule has 0 radical (unpaired) electrons. The van der Waals surface area contributed by atoms with Crippen molar-refractivity contribution in [2.24, 2.45) is 0 Å². The van der Waals surface area contributed by atoms with Gasteiger partial charge in [0.25, 0.3) is 0 Å². The Kier molecular flexibility index (Phi) is 7.61. The van der Waals surface area contributed by atoms with Gasteiger partial charge in [0.2, 0.25) is 0 Å². The highest BCUT2D eigenvalue weighted by Gasteiger charge is 2.10. The lowest BCUT2D eigenvalue weighted by Gasteiger charge is -2.04. The summed E-state index contributed by atoms with van der Waals surface area (Å²) in [5, 5.41) is 0. The maximum absolute atomic E-state index is 12.2. The van der Waals surface area contributed by atoms with Gasteiger partial charge in [-0.2, -0.15) is 0 Å². The van der Waals surface area contributed by atoms with E-state index in [4.69, 9.17) is 18.6 Å². The van der Waals surface area contributed by atoms with E-state index in [2.05, 4.69) is 13.2 Å². The van der Waals surface area contributed by atoms with E-state index < -0.39 is 17.9 Å². The minimum Gasteiger partial charge on any atom is -0.457 e. The number of esters is 3. The van der Waals surface area contributed by atoms with Crippen molar-refractivity contribution >= 4 is 24.0 Å². The molecule has 0 fully saturated rings. The first kappa shape index (κ1) is 24.0. The molecule has 0 saturated carbocycles. The van der Waals surface area contributed by atoms with E-state index in [9.17, 15) is 14.4 Å². The molecule has 7 nitrogen and oxygen atoms in total. The summed E-state index contributed by atoms with van der Waals surface area (Å²) < 4.78 is 21.1. The van der Waals surface area contributed by atoms with Crippen molar-refractivity contribution < 1.29 is 33.0 Å². The average molecular weight is 458 g/mol. The monoisotopic (exact) mass is 458 g/mol. The van der Waals surface area contributed by atoms with E-state index in [1.165, 1.54) is 36.6 Å². The number of hydrogen-bond donors (Lipinski definition) is 0. The topological polar surface area (TPSA) is 92.0 Å². The largest absolute Gasteiger partial charge is 0.457 e. The summed E-state index contributed by atoms with van der Waals surface area (Å²) in [6, 6.07) is 16.3. The number of ether oxygens (including phenoxy) is 3. The summed E-state index contributed by atoms with van der Waals surface area (Å²) in [5.41, 5.74) is 1.65. The Morgan fingerprint density at radius 2 is 1.29 bits per heavy atom. The molecular weight excluding hydrogens is 436 g/mol. The maximum Gasteiger partial charge on any atom is 0.342 e. The van der Waals surface area contributed by atoms with Crippen LogP contribution in [0.15, 0.2) is 95.6 Å². The maximum atomic E-state index is 12.2. The van der Waals surface area contributed by atoms with E-state index in [1.54, 1.807) is 50.2 Å². The van der Waals surface area contributed by atoms with Crippen LogP contribution in [0, 0.1) is 0 Å². The fourth-order valence-electron chi connectivity index (χ4n) is 2.56. The summed E-state index contributed by atoms with van der Waals surface area (Å²) in [7, 11) is 0. The molecule has 0 saturated heterocycles. The summed E-state index contributed by atoms with van der Waals surface area (Å²) in [6.45, 7) is 10.2. The second-order valence-electron chi connectivity index (χ2n) is 7.30. The average Bonchev–Trinajstić information content (AvgIpc) is 3.28. The molecule has 1 aromatic heterocycles. The number of carbonyl (C=O) groups is 3. The van der Waals surface area contributed by atoms with Crippen molar-refractivity contribution in [2.45, 2.75) is 13.8 Å². The lowest BCUT2D eigenvalue weighted by molar-refractivity contribution is -0.130. The molecule has 34 heavy (non-hydrogen) atoms. The first-order valence-electron chi connectivity index (χ1n) is 10.2. The van der Waals surface area contributed by atoms with Crippen LogP contribution in [-0.2, 0) is 14.3 Å². The van der Waals surface area contributed by atoms with Crippen LogP contribution in [0.25, 0.3) is 17.4 Å². The number of hydrogen-bond acceptors (Lipinski definition) is 7. The Balaban J connectivity index is 1.56. The van der Waals surface area contributed by atoms with Crippen LogP contribution in [0.2, 0.25) is 0 Å². The van der Waals surface area contributed by atoms with Gasteiger partial charge in [0.05, 0.1) is 11.8 Å². The Bertz CT molecular complexity index is 1260. The minimum absolute atomic E-state index is 0.274. The Morgan fingerprint density at radius 3 is 1.82 bits per heavy atom. The second kappa shape index (κ2) is 10.8. The van der Waals surface area contributed by atoms with E-state index in [0.717, 1.165) is 5.56 Å². The fourth-order valence-corrected chi connectivity index (χ4v) is 2.56. The van der Waals surface area contributed by atoms with Crippen LogP contribution in [-0.4, -0.2) is 17.9 Å². The Morgan fingerprint density at radius 1 is 0.765 bits per heavy atom. The predicted molar refractivity (Wildman–Crippen MR) is 126 cm³/mol. The van der Waals surface area contributed by atoms with Crippen LogP contribution in [0.3, 0.4) is 0 Å². The summed E-state index contributed by atoms with van der Waals surface area (Å²) in [5.74, 6) is 0.141. The third-order valence-corrected chi connectivity index (χ3v) is 4.38. The van der Waals surface area contributed by atoms with Crippen LogP contribution < -0.4 is 9.47 Å². The van der Waals surface area contributed by atoms with Crippen LogP contribution >= 0.6 is 0 Å². The normalized spacial score (nSPS) is 10.5.